The molecule has 0 aliphatic heterocycles. The van der Waals surface area contributed by atoms with Gasteiger partial charge >= 0.3 is 0 Å². The largest absolute Gasteiger partial charge is 0.324 e. The Balaban J connectivity index is 1.71. The number of anilines is 1. The molecule has 1 aromatic heterocycles. The van der Waals surface area contributed by atoms with Gasteiger partial charge in [-0.1, -0.05) is 36.0 Å². The quantitative estimate of drug-likeness (QED) is 0.720. The first kappa shape index (κ1) is 15.5. The van der Waals surface area contributed by atoms with Crippen LogP contribution in [0.25, 0.3) is 10.2 Å². The number of nitrogens with zero attached hydrogens (tertiary/aromatic N) is 2. The second kappa shape index (κ2) is 6.82. The van der Waals surface area contributed by atoms with E-state index in [1.807, 2.05) is 31.2 Å². The Morgan fingerprint density at radius 1 is 1.26 bits per heavy atom. The van der Waals surface area contributed by atoms with E-state index in [0.717, 1.165) is 14.6 Å². The van der Waals surface area contributed by atoms with Gasteiger partial charge in [0.2, 0.25) is 5.91 Å². The third-order valence-corrected chi connectivity index (χ3v) is 5.46. The molecular formula is C17H13N3OS2. The first-order valence-corrected chi connectivity index (χ1v) is 8.69. The van der Waals surface area contributed by atoms with E-state index in [1.54, 1.807) is 35.6 Å². The van der Waals surface area contributed by atoms with Crippen molar-refractivity contribution < 1.29 is 4.79 Å². The summed E-state index contributed by atoms with van der Waals surface area (Å²) >= 11 is 3.00. The van der Waals surface area contributed by atoms with E-state index in [2.05, 4.69) is 16.4 Å². The summed E-state index contributed by atoms with van der Waals surface area (Å²) in [6.07, 6.45) is 0. The molecule has 4 nitrogen and oxygen atoms in total. The number of hydrogen-bond donors (Lipinski definition) is 1. The number of aromatic nitrogens is 1. The number of amides is 1. The molecule has 114 valence electrons. The fourth-order valence-electron chi connectivity index (χ4n) is 2.03. The van der Waals surface area contributed by atoms with E-state index in [4.69, 9.17) is 5.26 Å². The average Bonchev–Trinajstić information content (AvgIpc) is 2.97. The number of hydrogen-bond acceptors (Lipinski definition) is 5. The lowest BCUT2D eigenvalue weighted by molar-refractivity contribution is -0.115. The molecule has 3 aromatic rings. The van der Waals surface area contributed by atoms with Gasteiger partial charge in [-0.25, -0.2) is 4.98 Å². The first-order valence-electron chi connectivity index (χ1n) is 6.99. The fraction of sp³-hybridized carbons (Fsp3) is 0.118. The minimum absolute atomic E-state index is 0.142. The van der Waals surface area contributed by atoms with Crippen molar-refractivity contribution in [3.63, 3.8) is 0 Å². The van der Waals surface area contributed by atoms with E-state index in [1.165, 1.54) is 11.8 Å². The minimum Gasteiger partial charge on any atom is -0.324 e. The fourth-order valence-corrected chi connectivity index (χ4v) is 4.24. The van der Waals surface area contributed by atoms with Crippen molar-refractivity contribution in [3.05, 3.63) is 54.1 Å². The number of thioether (sulfide) groups is 1. The topological polar surface area (TPSA) is 65.8 Å². The zero-order valence-electron chi connectivity index (χ0n) is 12.3. The summed E-state index contributed by atoms with van der Waals surface area (Å²) in [5, 5.41) is 11.6. The highest BCUT2D eigenvalue weighted by atomic mass is 32.2. The summed E-state index contributed by atoms with van der Waals surface area (Å²) in [4.78, 5) is 16.9. The van der Waals surface area contributed by atoms with Crippen LogP contribution >= 0.6 is 23.1 Å². The Hall–Kier alpha value is -2.36. The van der Waals surface area contributed by atoms with Crippen molar-refractivity contribution in [1.82, 2.24) is 4.98 Å². The number of carbonyl (C=O) groups excluding carboxylic acids is 1. The molecule has 0 aliphatic rings. The molecule has 0 radical (unpaired) electrons. The van der Waals surface area contributed by atoms with Gasteiger partial charge in [0.05, 0.1) is 26.7 Å². The first-order chi connectivity index (χ1) is 11.2. The molecule has 0 unspecified atom stereocenters. The van der Waals surface area contributed by atoms with Gasteiger partial charge in [-0.15, -0.1) is 11.3 Å². The second-order valence-corrected chi connectivity index (χ2v) is 7.47. The third-order valence-electron chi connectivity index (χ3n) is 3.23. The molecule has 0 aliphatic carbocycles. The van der Waals surface area contributed by atoms with Gasteiger partial charge in [-0.2, -0.15) is 5.26 Å². The van der Waals surface area contributed by atoms with Gasteiger partial charge in [0.15, 0.2) is 4.34 Å². The number of carbonyl (C=O) groups is 1. The van der Waals surface area contributed by atoms with Crippen LogP contribution in [-0.4, -0.2) is 16.1 Å². The maximum Gasteiger partial charge on any atom is 0.237 e. The van der Waals surface area contributed by atoms with Crippen LogP contribution < -0.4 is 5.32 Å². The lowest BCUT2D eigenvalue weighted by atomic mass is 10.2. The van der Waals surface area contributed by atoms with Crippen molar-refractivity contribution in [2.75, 3.05) is 5.32 Å². The number of nitrogens with one attached hydrogen (secondary N) is 1. The van der Waals surface area contributed by atoms with E-state index in [-0.39, 0.29) is 11.2 Å². The molecule has 0 fully saturated rings. The van der Waals surface area contributed by atoms with Crippen molar-refractivity contribution in [1.29, 1.82) is 5.26 Å². The van der Waals surface area contributed by atoms with Crippen LogP contribution in [0, 0.1) is 11.3 Å². The molecular weight excluding hydrogens is 326 g/mol. The molecule has 1 atom stereocenters. The molecule has 0 spiro atoms. The van der Waals surface area contributed by atoms with Crippen LogP contribution in [0.1, 0.15) is 12.5 Å². The molecule has 0 saturated heterocycles. The molecule has 0 bridgehead atoms. The lowest BCUT2D eigenvalue weighted by Crippen LogP contribution is -2.22. The summed E-state index contributed by atoms with van der Waals surface area (Å²) in [6.45, 7) is 1.83. The van der Waals surface area contributed by atoms with Gasteiger partial charge in [-0.05, 0) is 31.2 Å². The Labute approximate surface area is 142 Å². The van der Waals surface area contributed by atoms with E-state index in [0.29, 0.717) is 11.3 Å². The highest BCUT2D eigenvalue weighted by Gasteiger charge is 2.18. The number of rotatable bonds is 4. The number of nitriles is 1. The van der Waals surface area contributed by atoms with Crippen LogP contribution in [0.15, 0.2) is 52.9 Å². The van der Waals surface area contributed by atoms with Crippen molar-refractivity contribution >= 4 is 44.9 Å². The van der Waals surface area contributed by atoms with Crippen molar-refractivity contribution in [2.45, 2.75) is 16.5 Å². The highest BCUT2D eigenvalue weighted by Crippen LogP contribution is 2.32. The van der Waals surface area contributed by atoms with Crippen LogP contribution in [0.5, 0.6) is 0 Å². The van der Waals surface area contributed by atoms with Crippen molar-refractivity contribution in [3.8, 4) is 6.07 Å². The Bertz CT molecular complexity index is 865. The van der Waals surface area contributed by atoms with Crippen LogP contribution in [0.4, 0.5) is 5.69 Å². The predicted octanol–water partition coefficient (Wildman–Crippen LogP) is 4.29. The van der Waals surface area contributed by atoms with E-state index in [9.17, 15) is 4.79 Å². The highest BCUT2D eigenvalue weighted by molar-refractivity contribution is 8.02. The summed E-state index contributed by atoms with van der Waals surface area (Å²) in [6, 6.07) is 17.0. The van der Waals surface area contributed by atoms with Gasteiger partial charge in [0, 0.05) is 0 Å². The zero-order chi connectivity index (χ0) is 16.2. The average molecular weight is 339 g/mol. The number of benzene rings is 2. The summed E-state index contributed by atoms with van der Waals surface area (Å²) in [5.74, 6) is -0.142. The molecule has 6 heteroatoms. The van der Waals surface area contributed by atoms with E-state index >= 15 is 0 Å². The van der Waals surface area contributed by atoms with Gasteiger partial charge in [0.1, 0.15) is 6.07 Å². The molecule has 1 N–H and O–H groups in total. The zero-order valence-corrected chi connectivity index (χ0v) is 13.9. The number of fused-ring (bicyclic) bond motifs is 1. The summed E-state index contributed by atoms with van der Waals surface area (Å²) in [5.41, 5.74) is 1.94. The standard InChI is InChI=1S/C17H13N3OS2/c1-11(16(21)19-13-7-3-2-6-12(13)10-18)22-17-20-14-8-4-5-9-15(14)23-17/h2-9,11H,1H3,(H,19,21)/t11-/m1/s1. The lowest BCUT2D eigenvalue weighted by Gasteiger charge is -2.11. The predicted molar refractivity (Wildman–Crippen MR) is 94.7 cm³/mol. The Kier molecular flexibility index (Phi) is 4.60. The number of thiazole rings is 1. The number of para-hydroxylation sites is 2. The van der Waals surface area contributed by atoms with Crippen LogP contribution in [0.3, 0.4) is 0 Å². The smallest absolute Gasteiger partial charge is 0.237 e. The molecule has 2 aromatic carbocycles. The Morgan fingerprint density at radius 2 is 2.00 bits per heavy atom. The summed E-state index contributed by atoms with van der Waals surface area (Å²) in [7, 11) is 0. The molecule has 1 heterocycles. The molecule has 1 amide bonds. The SMILES string of the molecule is C[C@@H](Sc1nc2ccccc2s1)C(=O)Nc1ccccc1C#N. The van der Waals surface area contributed by atoms with Crippen LogP contribution in [0.2, 0.25) is 0 Å². The maximum absolute atomic E-state index is 12.3. The van der Waals surface area contributed by atoms with Gasteiger partial charge in [-0.3, -0.25) is 4.79 Å². The normalized spacial score (nSPS) is 11.8. The molecule has 0 saturated carbocycles. The second-order valence-electron chi connectivity index (χ2n) is 4.85. The van der Waals surface area contributed by atoms with Crippen LogP contribution in [-0.2, 0) is 4.79 Å². The monoisotopic (exact) mass is 339 g/mol. The summed E-state index contributed by atoms with van der Waals surface area (Å²) < 4.78 is 1.97. The minimum atomic E-state index is -0.303. The molecule has 3 rings (SSSR count). The van der Waals surface area contributed by atoms with Crippen molar-refractivity contribution in [2.24, 2.45) is 0 Å². The molecule has 23 heavy (non-hydrogen) atoms. The Morgan fingerprint density at radius 3 is 2.78 bits per heavy atom. The maximum atomic E-state index is 12.3. The van der Waals surface area contributed by atoms with Gasteiger partial charge in [0.25, 0.3) is 0 Å². The van der Waals surface area contributed by atoms with Gasteiger partial charge < -0.3 is 5.32 Å². The van der Waals surface area contributed by atoms with E-state index < -0.39 is 0 Å². The third kappa shape index (κ3) is 3.52.